The van der Waals surface area contributed by atoms with Gasteiger partial charge in [-0.3, -0.25) is 5.10 Å². The Kier molecular flexibility index (Phi) is 4.28. The monoisotopic (exact) mass is 268 g/mol. The van der Waals surface area contributed by atoms with Crippen LogP contribution in [-0.2, 0) is 6.42 Å². The summed E-state index contributed by atoms with van der Waals surface area (Å²) in [6.07, 6.45) is 2.01. The average molecular weight is 269 g/mol. The van der Waals surface area contributed by atoms with Crippen molar-refractivity contribution in [1.29, 1.82) is 0 Å². The molecule has 1 aromatic carbocycles. The molecule has 0 amide bonds. The molecule has 2 aromatic rings. The van der Waals surface area contributed by atoms with Crippen molar-refractivity contribution in [3.63, 3.8) is 0 Å². The van der Waals surface area contributed by atoms with Gasteiger partial charge in [0, 0.05) is 0 Å². The smallest absolute Gasteiger partial charge is 0.142 e. The summed E-state index contributed by atoms with van der Waals surface area (Å²) in [6, 6.07) is 4.76. The van der Waals surface area contributed by atoms with Crippen LogP contribution in [0.1, 0.15) is 24.4 Å². The van der Waals surface area contributed by atoms with Crippen LogP contribution in [0.2, 0.25) is 5.02 Å². The van der Waals surface area contributed by atoms with Crippen molar-refractivity contribution in [2.75, 3.05) is 6.54 Å². The van der Waals surface area contributed by atoms with E-state index < -0.39 is 5.82 Å². The summed E-state index contributed by atoms with van der Waals surface area (Å²) in [5.41, 5.74) is 0.749. The predicted molar refractivity (Wildman–Crippen MR) is 67.9 cm³/mol. The summed E-state index contributed by atoms with van der Waals surface area (Å²) in [4.78, 5) is 4.12. The summed E-state index contributed by atoms with van der Waals surface area (Å²) in [5.74, 6) is 0.319. The summed E-state index contributed by atoms with van der Waals surface area (Å²) >= 11 is 5.95. The minimum atomic E-state index is -0.401. The molecule has 0 aliphatic rings. The fourth-order valence-electron chi connectivity index (χ4n) is 1.82. The predicted octanol–water partition coefficient (Wildman–Crippen LogP) is 2.49. The van der Waals surface area contributed by atoms with Crippen LogP contribution in [0, 0.1) is 5.82 Å². The first kappa shape index (κ1) is 13.0. The van der Waals surface area contributed by atoms with Crippen molar-refractivity contribution in [2.24, 2.45) is 0 Å². The molecule has 0 aliphatic carbocycles. The topological polar surface area (TPSA) is 53.6 Å². The molecule has 1 aromatic heterocycles. The number of nitrogens with one attached hydrogen (secondary N) is 2. The van der Waals surface area contributed by atoms with Crippen molar-refractivity contribution in [3.8, 4) is 0 Å². The highest BCUT2D eigenvalue weighted by Crippen LogP contribution is 2.24. The first-order valence-corrected chi connectivity index (χ1v) is 6.11. The number of rotatable bonds is 5. The Morgan fingerprint density at radius 2 is 2.33 bits per heavy atom. The molecule has 96 valence electrons. The van der Waals surface area contributed by atoms with Gasteiger partial charge in [-0.15, -0.1) is 0 Å². The van der Waals surface area contributed by atoms with E-state index in [1.54, 1.807) is 6.07 Å². The first-order chi connectivity index (χ1) is 8.72. The summed E-state index contributed by atoms with van der Waals surface area (Å²) < 4.78 is 13.4. The Labute approximate surface area is 110 Å². The number of hydrogen-bond acceptors (Lipinski definition) is 3. The highest BCUT2D eigenvalue weighted by molar-refractivity contribution is 6.31. The van der Waals surface area contributed by atoms with Crippen LogP contribution >= 0.6 is 11.6 Å². The van der Waals surface area contributed by atoms with E-state index >= 15 is 0 Å². The van der Waals surface area contributed by atoms with Gasteiger partial charge in [-0.2, -0.15) is 5.10 Å². The third kappa shape index (κ3) is 2.86. The van der Waals surface area contributed by atoms with E-state index in [0.29, 0.717) is 6.42 Å². The molecule has 0 spiro atoms. The molecule has 0 bridgehead atoms. The highest BCUT2D eigenvalue weighted by Gasteiger charge is 2.16. The summed E-state index contributed by atoms with van der Waals surface area (Å²) in [7, 11) is 0. The van der Waals surface area contributed by atoms with E-state index in [1.165, 1.54) is 12.4 Å². The number of benzene rings is 1. The van der Waals surface area contributed by atoms with Gasteiger partial charge in [0.25, 0.3) is 0 Å². The normalized spacial score (nSPS) is 12.6. The molecule has 0 fully saturated rings. The van der Waals surface area contributed by atoms with Gasteiger partial charge in [-0.05, 0) is 24.6 Å². The average Bonchev–Trinajstić information content (AvgIpc) is 2.88. The molecule has 1 heterocycles. The minimum Gasteiger partial charge on any atom is -0.307 e. The SMILES string of the molecule is CCNC(Cc1cccc(F)c1Cl)c1ncn[nH]1. The van der Waals surface area contributed by atoms with Crippen LogP contribution in [-0.4, -0.2) is 21.7 Å². The van der Waals surface area contributed by atoms with Gasteiger partial charge in [-0.25, -0.2) is 9.37 Å². The number of nitrogens with zero attached hydrogens (tertiary/aromatic N) is 2. The zero-order valence-electron chi connectivity index (χ0n) is 9.95. The Morgan fingerprint density at radius 1 is 1.50 bits per heavy atom. The minimum absolute atomic E-state index is 0.0585. The Hall–Kier alpha value is -1.46. The second-order valence-corrected chi connectivity index (χ2v) is 4.28. The lowest BCUT2D eigenvalue weighted by Crippen LogP contribution is -2.24. The number of likely N-dealkylation sites (N-methyl/N-ethyl adjacent to an activating group) is 1. The Bertz CT molecular complexity index is 501. The van der Waals surface area contributed by atoms with Crippen molar-refractivity contribution < 1.29 is 4.39 Å². The molecular formula is C12H14ClFN4. The maximum Gasteiger partial charge on any atom is 0.142 e. The zero-order valence-corrected chi connectivity index (χ0v) is 10.7. The van der Waals surface area contributed by atoms with E-state index in [1.807, 2.05) is 13.0 Å². The van der Waals surface area contributed by atoms with Crippen molar-refractivity contribution >= 4 is 11.6 Å². The molecule has 1 atom stereocenters. The molecule has 2 N–H and O–H groups in total. The van der Waals surface area contributed by atoms with Crippen LogP contribution in [0.25, 0.3) is 0 Å². The Morgan fingerprint density at radius 3 is 3.00 bits per heavy atom. The standard InChI is InChI=1S/C12H14ClFN4/c1-2-15-10(12-16-7-17-18-12)6-8-4-3-5-9(14)11(8)13/h3-5,7,10,15H,2,6H2,1H3,(H,16,17,18). The van der Waals surface area contributed by atoms with E-state index in [2.05, 4.69) is 20.5 Å². The highest BCUT2D eigenvalue weighted by atomic mass is 35.5. The van der Waals surface area contributed by atoms with Crippen molar-refractivity contribution in [1.82, 2.24) is 20.5 Å². The Balaban J connectivity index is 2.21. The molecule has 0 aliphatic heterocycles. The van der Waals surface area contributed by atoms with Gasteiger partial charge in [0.2, 0.25) is 0 Å². The lowest BCUT2D eigenvalue weighted by Gasteiger charge is -2.16. The fourth-order valence-corrected chi connectivity index (χ4v) is 2.02. The molecule has 2 rings (SSSR count). The van der Waals surface area contributed by atoms with E-state index in [4.69, 9.17) is 11.6 Å². The van der Waals surface area contributed by atoms with Gasteiger partial charge in [0.1, 0.15) is 18.0 Å². The van der Waals surface area contributed by atoms with Gasteiger partial charge < -0.3 is 5.32 Å². The van der Waals surface area contributed by atoms with Gasteiger partial charge in [0.05, 0.1) is 11.1 Å². The molecular weight excluding hydrogens is 255 g/mol. The van der Waals surface area contributed by atoms with Crippen LogP contribution < -0.4 is 5.32 Å². The lowest BCUT2D eigenvalue weighted by atomic mass is 10.1. The summed E-state index contributed by atoms with van der Waals surface area (Å²) in [5, 5.41) is 10.1. The van der Waals surface area contributed by atoms with Crippen molar-refractivity contribution in [3.05, 3.63) is 46.8 Å². The third-order valence-electron chi connectivity index (χ3n) is 2.67. The van der Waals surface area contributed by atoms with Crippen LogP contribution in [0.5, 0.6) is 0 Å². The molecule has 0 saturated carbocycles. The molecule has 6 heteroatoms. The zero-order chi connectivity index (χ0) is 13.0. The number of H-pyrrole nitrogens is 1. The fraction of sp³-hybridized carbons (Fsp3) is 0.333. The maximum atomic E-state index is 13.4. The largest absolute Gasteiger partial charge is 0.307 e. The quantitative estimate of drug-likeness (QED) is 0.876. The lowest BCUT2D eigenvalue weighted by molar-refractivity contribution is 0.521. The second-order valence-electron chi connectivity index (χ2n) is 3.90. The third-order valence-corrected chi connectivity index (χ3v) is 3.09. The van der Waals surface area contributed by atoms with Crippen LogP contribution in [0.3, 0.4) is 0 Å². The maximum absolute atomic E-state index is 13.4. The van der Waals surface area contributed by atoms with Crippen LogP contribution in [0.4, 0.5) is 4.39 Å². The van der Waals surface area contributed by atoms with E-state index in [0.717, 1.165) is 17.9 Å². The molecule has 4 nitrogen and oxygen atoms in total. The number of aromatic nitrogens is 3. The number of hydrogen-bond donors (Lipinski definition) is 2. The van der Waals surface area contributed by atoms with Crippen LogP contribution in [0.15, 0.2) is 24.5 Å². The number of halogens is 2. The van der Waals surface area contributed by atoms with Gasteiger partial charge >= 0.3 is 0 Å². The summed E-state index contributed by atoms with van der Waals surface area (Å²) in [6.45, 7) is 2.77. The molecule has 0 radical (unpaired) electrons. The molecule has 18 heavy (non-hydrogen) atoms. The van der Waals surface area contributed by atoms with Gasteiger partial charge in [0.15, 0.2) is 0 Å². The first-order valence-electron chi connectivity index (χ1n) is 5.74. The molecule has 1 unspecified atom stereocenters. The second kappa shape index (κ2) is 5.93. The van der Waals surface area contributed by atoms with Crippen molar-refractivity contribution in [2.45, 2.75) is 19.4 Å². The van der Waals surface area contributed by atoms with E-state index in [-0.39, 0.29) is 11.1 Å². The van der Waals surface area contributed by atoms with Gasteiger partial charge in [-0.1, -0.05) is 30.7 Å². The van der Waals surface area contributed by atoms with E-state index in [9.17, 15) is 4.39 Å². The number of aromatic amines is 1. The molecule has 0 saturated heterocycles.